The molecule has 0 fully saturated rings. The first-order chi connectivity index (χ1) is 4.81. The summed E-state index contributed by atoms with van der Waals surface area (Å²) in [5.41, 5.74) is 0. The van der Waals surface area contributed by atoms with Gasteiger partial charge in [0, 0.05) is 5.02 Å². The van der Waals surface area contributed by atoms with Crippen LogP contribution < -0.4 is 0 Å². The Balaban J connectivity index is 0.000000236. The molecular weight excluding hydrogens is 151 g/mol. The van der Waals surface area contributed by atoms with E-state index in [1.807, 2.05) is 30.3 Å². The summed E-state index contributed by atoms with van der Waals surface area (Å²) in [5.74, 6) is 0. The maximum absolute atomic E-state index is 10.1. The average molecular weight is 159 g/mol. The van der Waals surface area contributed by atoms with Crippen molar-refractivity contribution in [1.29, 1.82) is 0 Å². The summed E-state index contributed by atoms with van der Waals surface area (Å²) in [7, 11) is 0. The van der Waals surface area contributed by atoms with Gasteiger partial charge in [-0.15, -0.1) is 0 Å². The van der Waals surface area contributed by atoms with Crippen molar-refractivity contribution in [3.8, 4) is 0 Å². The Morgan fingerprint density at radius 3 is 1.90 bits per heavy atom. The summed E-state index contributed by atoms with van der Waals surface area (Å²) in [5, 5.41) is 0.794. The lowest BCUT2D eigenvalue weighted by atomic mass is 10.4. The zero-order valence-corrected chi connectivity index (χ0v) is 6.18. The molecule has 10 heavy (non-hydrogen) atoms. The summed E-state index contributed by atoms with van der Waals surface area (Å²) >= 11 is 5.54. The van der Waals surface area contributed by atoms with E-state index in [1.165, 1.54) is 0 Å². The Labute approximate surface area is 64.9 Å². The lowest BCUT2D eigenvalue weighted by Gasteiger charge is -1.80. The molecule has 1 aromatic carbocycles. The number of hydrogen-bond acceptors (Lipinski definition) is 0. The monoisotopic (exact) mass is 158 g/mol. The molecule has 0 amide bonds. The van der Waals surface area contributed by atoms with E-state index in [0.717, 1.165) is 5.02 Å². The van der Waals surface area contributed by atoms with Crippen molar-refractivity contribution >= 4 is 11.6 Å². The minimum absolute atomic E-state index is 0.250. The summed E-state index contributed by atoms with van der Waals surface area (Å²) in [4.78, 5) is 0. The van der Waals surface area contributed by atoms with Crippen LogP contribution in [-0.4, -0.2) is 0 Å². The number of halogens is 2. The average Bonchev–Trinajstić information content (AvgIpc) is 1.91. The lowest BCUT2D eigenvalue weighted by Crippen LogP contribution is -1.55. The van der Waals surface area contributed by atoms with E-state index in [9.17, 15) is 4.39 Å². The van der Waals surface area contributed by atoms with Crippen molar-refractivity contribution in [2.24, 2.45) is 0 Å². The third-order valence-corrected chi connectivity index (χ3v) is 0.985. The van der Waals surface area contributed by atoms with E-state index >= 15 is 0 Å². The van der Waals surface area contributed by atoms with Crippen molar-refractivity contribution in [3.05, 3.63) is 48.3 Å². The minimum Gasteiger partial charge on any atom is -0.216 e. The molecule has 0 nitrogen and oxygen atoms in total. The molecule has 0 aliphatic carbocycles. The van der Waals surface area contributed by atoms with Crippen molar-refractivity contribution in [3.63, 3.8) is 0 Å². The van der Waals surface area contributed by atoms with Crippen LogP contribution in [0, 0.1) is 0 Å². The Bertz CT molecular complexity index is 172. The van der Waals surface area contributed by atoms with Gasteiger partial charge < -0.3 is 0 Å². The van der Waals surface area contributed by atoms with Gasteiger partial charge in [-0.3, -0.25) is 0 Å². The zero-order chi connectivity index (χ0) is 7.82. The smallest absolute Gasteiger partial charge is 0.0795 e. The molecule has 0 bridgehead atoms. The molecule has 0 spiro atoms. The maximum Gasteiger partial charge on any atom is 0.0795 e. The predicted octanol–water partition coefficient (Wildman–Crippen LogP) is 3.44. The van der Waals surface area contributed by atoms with Crippen molar-refractivity contribution in [2.75, 3.05) is 0 Å². The second kappa shape index (κ2) is 6.30. The molecule has 0 N–H and O–H groups in total. The van der Waals surface area contributed by atoms with Crippen LogP contribution in [0.2, 0.25) is 5.02 Å². The Morgan fingerprint density at radius 1 is 1.30 bits per heavy atom. The SMILES string of the molecule is C=CF.Clc1ccccc1. The van der Waals surface area contributed by atoms with Crippen LogP contribution in [0.25, 0.3) is 0 Å². The molecule has 54 valence electrons. The number of hydrogen-bond donors (Lipinski definition) is 0. The fourth-order valence-corrected chi connectivity index (χ4v) is 0.560. The van der Waals surface area contributed by atoms with Crippen LogP contribution in [0.15, 0.2) is 43.2 Å². The molecule has 0 unspecified atom stereocenters. The molecule has 0 aliphatic heterocycles. The second-order valence-corrected chi connectivity index (χ2v) is 1.89. The molecule has 0 aliphatic rings. The van der Waals surface area contributed by atoms with Gasteiger partial charge in [-0.05, 0) is 12.1 Å². The van der Waals surface area contributed by atoms with E-state index in [2.05, 4.69) is 6.58 Å². The van der Waals surface area contributed by atoms with Gasteiger partial charge in [0.2, 0.25) is 0 Å². The molecule has 1 aromatic rings. The molecule has 0 atom stereocenters. The van der Waals surface area contributed by atoms with Crippen LogP contribution in [0.5, 0.6) is 0 Å². The summed E-state index contributed by atoms with van der Waals surface area (Å²) in [6.45, 7) is 2.69. The Kier molecular flexibility index (Phi) is 5.79. The van der Waals surface area contributed by atoms with E-state index in [4.69, 9.17) is 11.6 Å². The van der Waals surface area contributed by atoms with Crippen molar-refractivity contribution in [2.45, 2.75) is 0 Å². The van der Waals surface area contributed by atoms with Crippen LogP contribution in [0.3, 0.4) is 0 Å². The highest BCUT2D eigenvalue weighted by Gasteiger charge is 1.74. The summed E-state index contributed by atoms with van der Waals surface area (Å²) in [6.07, 6.45) is 0.250. The van der Waals surface area contributed by atoms with Crippen LogP contribution >= 0.6 is 11.6 Å². The Hall–Kier alpha value is -0.820. The van der Waals surface area contributed by atoms with E-state index in [0.29, 0.717) is 0 Å². The fraction of sp³-hybridized carbons (Fsp3) is 0. The van der Waals surface area contributed by atoms with Gasteiger partial charge in [0.1, 0.15) is 0 Å². The van der Waals surface area contributed by atoms with Gasteiger partial charge in [0.05, 0.1) is 6.33 Å². The van der Waals surface area contributed by atoms with Crippen molar-refractivity contribution in [1.82, 2.24) is 0 Å². The predicted molar refractivity (Wildman–Crippen MR) is 42.8 cm³/mol. The van der Waals surface area contributed by atoms with E-state index in [1.54, 1.807) is 0 Å². The third-order valence-electron chi connectivity index (χ3n) is 0.733. The van der Waals surface area contributed by atoms with Crippen LogP contribution in [0.4, 0.5) is 4.39 Å². The fourth-order valence-electron chi connectivity index (χ4n) is 0.415. The minimum atomic E-state index is 0.250. The highest BCUT2D eigenvalue weighted by molar-refractivity contribution is 6.30. The zero-order valence-electron chi connectivity index (χ0n) is 5.43. The normalized spacial score (nSPS) is 7.40. The van der Waals surface area contributed by atoms with E-state index in [-0.39, 0.29) is 6.33 Å². The molecule has 0 saturated heterocycles. The number of rotatable bonds is 0. The van der Waals surface area contributed by atoms with Crippen molar-refractivity contribution < 1.29 is 4.39 Å². The molecule has 0 aromatic heterocycles. The van der Waals surface area contributed by atoms with Crippen LogP contribution in [0.1, 0.15) is 0 Å². The third kappa shape index (κ3) is 5.32. The summed E-state index contributed by atoms with van der Waals surface area (Å²) in [6, 6.07) is 9.44. The second-order valence-electron chi connectivity index (χ2n) is 1.45. The quantitative estimate of drug-likeness (QED) is 0.543. The van der Waals surface area contributed by atoms with Crippen LogP contribution in [-0.2, 0) is 0 Å². The van der Waals surface area contributed by atoms with Gasteiger partial charge in [-0.2, -0.15) is 0 Å². The van der Waals surface area contributed by atoms with Gasteiger partial charge in [-0.1, -0.05) is 36.4 Å². The largest absolute Gasteiger partial charge is 0.216 e. The first kappa shape index (κ1) is 9.18. The maximum atomic E-state index is 10.1. The Morgan fingerprint density at radius 2 is 1.70 bits per heavy atom. The van der Waals surface area contributed by atoms with E-state index < -0.39 is 0 Å². The molecular formula is C8H8ClF. The molecule has 2 heteroatoms. The summed E-state index contributed by atoms with van der Waals surface area (Å²) < 4.78 is 10.1. The lowest BCUT2D eigenvalue weighted by molar-refractivity contribution is 0.725. The number of benzene rings is 1. The molecule has 0 heterocycles. The van der Waals surface area contributed by atoms with Gasteiger partial charge in [0.25, 0.3) is 0 Å². The molecule has 0 saturated carbocycles. The topological polar surface area (TPSA) is 0 Å². The highest BCUT2D eigenvalue weighted by atomic mass is 35.5. The molecule has 0 radical (unpaired) electrons. The highest BCUT2D eigenvalue weighted by Crippen LogP contribution is 2.03. The standard InChI is InChI=1S/C6H5Cl.C2H3F/c7-6-4-2-1-3-5-6;1-2-3/h1-5H;2H,1H2. The molecule has 1 rings (SSSR count). The first-order valence-electron chi connectivity index (χ1n) is 2.73. The van der Waals surface area contributed by atoms with Gasteiger partial charge in [-0.25, -0.2) is 4.39 Å². The van der Waals surface area contributed by atoms with Gasteiger partial charge >= 0.3 is 0 Å². The first-order valence-corrected chi connectivity index (χ1v) is 3.10. The van der Waals surface area contributed by atoms with Gasteiger partial charge in [0.15, 0.2) is 0 Å².